The maximum absolute atomic E-state index is 10.6. The van der Waals surface area contributed by atoms with E-state index >= 15 is 0 Å². The zero-order valence-electron chi connectivity index (χ0n) is 5.90. The van der Waals surface area contributed by atoms with Crippen molar-refractivity contribution >= 4 is 11.3 Å². The van der Waals surface area contributed by atoms with Crippen LogP contribution in [0.25, 0.3) is 10.6 Å². The Kier molecular flexibility index (Phi) is 1.51. The van der Waals surface area contributed by atoms with Gasteiger partial charge >= 0.3 is 5.76 Å². The Morgan fingerprint density at radius 3 is 2.92 bits per heavy atom. The molecule has 0 radical (unpaired) electrons. The van der Waals surface area contributed by atoms with Crippen molar-refractivity contribution in [2.75, 3.05) is 0 Å². The summed E-state index contributed by atoms with van der Waals surface area (Å²) in [5, 5.41) is 11.0. The number of H-pyrrole nitrogens is 1. The van der Waals surface area contributed by atoms with Gasteiger partial charge in [0.1, 0.15) is 0 Å². The minimum Gasteiger partial charge on any atom is -0.492 e. The van der Waals surface area contributed by atoms with Crippen LogP contribution in [0.2, 0.25) is 0 Å². The molecule has 0 atom stereocenters. The van der Waals surface area contributed by atoms with Crippen LogP contribution in [0.3, 0.4) is 0 Å². The predicted molar refractivity (Wildman–Crippen MR) is 44.3 cm³/mol. The topological polar surface area (TPSA) is 66.2 Å². The number of nitrogens with one attached hydrogen (secondary N) is 1. The first-order chi connectivity index (χ1) is 5.77. The van der Waals surface area contributed by atoms with Crippen LogP contribution >= 0.6 is 11.3 Å². The highest BCUT2D eigenvalue weighted by Crippen LogP contribution is 2.29. The molecule has 0 unspecified atom stereocenters. The van der Waals surface area contributed by atoms with E-state index in [2.05, 4.69) is 4.98 Å². The molecule has 0 aliphatic rings. The Hall–Kier alpha value is -1.49. The van der Waals surface area contributed by atoms with Crippen molar-refractivity contribution in [3.63, 3.8) is 0 Å². The van der Waals surface area contributed by atoms with Crippen molar-refractivity contribution in [3.8, 4) is 16.5 Å². The fraction of sp³-hybridized carbons (Fsp3) is 0. The lowest BCUT2D eigenvalue weighted by Crippen LogP contribution is -1.92. The predicted octanol–water partition coefficient (Wildman–Crippen LogP) is 1.40. The van der Waals surface area contributed by atoms with E-state index in [1.54, 1.807) is 6.07 Å². The second-order valence-corrected chi connectivity index (χ2v) is 3.12. The summed E-state index contributed by atoms with van der Waals surface area (Å²) in [6.07, 6.45) is 0. The molecular formula is C7H5NO3S. The van der Waals surface area contributed by atoms with E-state index < -0.39 is 5.76 Å². The lowest BCUT2D eigenvalue weighted by molar-refractivity contribution is 0.453. The Morgan fingerprint density at radius 1 is 1.58 bits per heavy atom. The van der Waals surface area contributed by atoms with Crippen LogP contribution in [0.15, 0.2) is 26.7 Å². The van der Waals surface area contributed by atoms with E-state index in [0.29, 0.717) is 0 Å². The molecule has 62 valence electrons. The monoisotopic (exact) mass is 183 g/mol. The van der Waals surface area contributed by atoms with Crippen LogP contribution in [0.5, 0.6) is 5.88 Å². The summed E-state index contributed by atoms with van der Waals surface area (Å²) in [5.74, 6) is -0.659. The second-order valence-electron chi connectivity index (χ2n) is 2.17. The molecule has 0 aromatic carbocycles. The van der Waals surface area contributed by atoms with Gasteiger partial charge in [0.15, 0.2) is 0 Å². The molecule has 0 amide bonds. The SMILES string of the molecule is O=c1[nH]c(O)c(-c2cccs2)o1. The highest BCUT2D eigenvalue weighted by Gasteiger charge is 2.11. The van der Waals surface area contributed by atoms with Gasteiger partial charge in [-0.2, -0.15) is 0 Å². The summed E-state index contributed by atoms with van der Waals surface area (Å²) in [6, 6.07) is 3.57. The van der Waals surface area contributed by atoms with Crippen LogP contribution < -0.4 is 5.76 Å². The lowest BCUT2D eigenvalue weighted by Gasteiger charge is -1.87. The largest absolute Gasteiger partial charge is 0.492 e. The standard InChI is InChI=1S/C7H5NO3S/c9-6-5(11-7(10)8-6)4-2-1-3-12-4/h1-3,9H,(H,8,10). The van der Waals surface area contributed by atoms with Gasteiger partial charge in [-0.1, -0.05) is 6.07 Å². The third kappa shape index (κ3) is 1.04. The maximum atomic E-state index is 10.6. The Balaban J connectivity index is 2.61. The van der Waals surface area contributed by atoms with Crippen LogP contribution in [0.4, 0.5) is 0 Å². The second kappa shape index (κ2) is 2.53. The Morgan fingerprint density at radius 2 is 2.42 bits per heavy atom. The number of rotatable bonds is 1. The molecule has 2 N–H and O–H groups in total. The number of thiophene rings is 1. The lowest BCUT2D eigenvalue weighted by atomic mass is 10.4. The summed E-state index contributed by atoms with van der Waals surface area (Å²) in [7, 11) is 0. The molecule has 0 saturated carbocycles. The number of aromatic nitrogens is 1. The quantitative estimate of drug-likeness (QED) is 0.702. The average Bonchev–Trinajstić information content (AvgIpc) is 2.58. The van der Waals surface area contributed by atoms with Crippen LogP contribution in [0.1, 0.15) is 0 Å². The first-order valence-electron chi connectivity index (χ1n) is 3.23. The molecular weight excluding hydrogens is 178 g/mol. The molecule has 0 saturated heterocycles. The van der Waals surface area contributed by atoms with E-state index in [9.17, 15) is 4.79 Å². The van der Waals surface area contributed by atoms with E-state index in [0.717, 1.165) is 4.88 Å². The number of aromatic hydroxyl groups is 1. The first-order valence-corrected chi connectivity index (χ1v) is 4.11. The smallest absolute Gasteiger partial charge is 0.419 e. The Bertz CT molecular complexity index is 426. The molecule has 2 aromatic heterocycles. The van der Waals surface area contributed by atoms with Crippen LogP contribution in [-0.4, -0.2) is 10.1 Å². The third-order valence-electron chi connectivity index (χ3n) is 1.38. The van der Waals surface area contributed by atoms with Crippen molar-refractivity contribution in [3.05, 3.63) is 28.1 Å². The summed E-state index contributed by atoms with van der Waals surface area (Å²) in [5.41, 5.74) is 0. The molecule has 5 heteroatoms. The molecule has 0 aliphatic carbocycles. The van der Waals surface area contributed by atoms with Gasteiger partial charge in [-0.25, -0.2) is 4.79 Å². The molecule has 0 bridgehead atoms. The Labute approximate surface area is 71.1 Å². The number of aromatic amines is 1. The zero-order chi connectivity index (χ0) is 8.55. The van der Waals surface area contributed by atoms with Gasteiger partial charge in [-0.3, -0.25) is 4.98 Å². The molecule has 0 aliphatic heterocycles. The zero-order valence-corrected chi connectivity index (χ0v) is 6.72. The van der Waals surface area contributed by atoms with Crippen molar-refractivity contribution in [2.24, 2.45) is 0 Å². The van der Waals surface area contributed by atoms with E-state index in [1.807, 2.05) is 11.4 Å². The average molecular weight is 183 g/mol. The molecule has 0 fully saturated rings. The van der Waals surface area contributed by atoms with Gasteiger partial charge in [0.2, 0.25) is 11.6 Å². The molecule has 4 nitrogen and oxygen atoms in total. The number of hydrogen-bond donors (Lipinski definition) is 2. The number of oxazole rings is 1. The highest BCUT2D eigenvalue weighted by atomic mass is 32.1. The third-order valence-corrected chi connectivity index (χ3v) is 2.24. The van der Waals surface area contributed by atoms with E-state index in [-0.39, 0.29) is 11.6 Å². The van der Waals surface area contributed by atoms with Gasteiger partial charge in [0.05, 0.1) is 4.88 Å². The van der Waals surface area contributed by atoms with Gasteiger partial charge in [0, 0.05) is 0 Å². The van der Waals surface area contributed by atoms with Gasteiger partial charge in [-0.05, 0) is 11.4 Å². The molecule has 2 aromatic rings. The molecule has 12 heavy (non-hydrogen) atoms. The summed E-state index contributed by atoms with van der Waals surface area (Å²) < 4.78 is 4.71. The minimum atomic E-state index is -0.643. The maximum Gasteiger partial charge on any atom is 0.419 e. The normalized spacial score (nSPS) is 10.3. The van der Waals surface area contributed by atoms with Crippen LogP contribution in [0, 0.1) is 0 Å². The minimum absolute atomic E-state index is 0.204. The van der Waals surface area contributed by atoms with Crippen molar-refractivity contribution < 1.29 is 9.52 Å². The first kappa shape index (κ1) is 7.17. The fourth-order valence-corrected chi connectivity index (χ4v) is 1.60. The van der Waals surface area contributed by atoms with E-state index in [1.165, 1.54) is 11.3 Å². The van der Waals surface area contributed by atoms with Crippen LogP contribution in [-0.2, 0) is 0 Å². The summed E-state index contributed by atoms with van der Waals surface area (Å²) >= 11 is 1.39. The van der Waals surface area contributed by atoms with Gasteiger partial charge in [0.25, 0.3) is 0 Å². The fourth-order valence-electron chi connectivity index (χ4n) is 0.895. The molecule has 2 rings (SSSR count). The summed E-state index contributed by atoms with van der Waals surface area (Å²) in [4.78, 5) is 13.5. The van der Waals surface area contributed by atoms with Crippen molar-refractivity contribution in [1.82, 2.24) is 4.98 Å². The molecule has 2 heterocycles. The highest BCUT2D eigenvalue weighted by molar-refractivity contribution is 7.13. The van der Waals surface area contributed by atoms with Crippen molar-refractivity contribution in [1.29, 1.82) is 0 Å². The van der Waals surface area contributed by atoms with Gasteiger partial charge < -0.3 is 9.52 Å². The van der Waals surface area contributed by atoms with Crippen molar-refractivity contribution in [2.45, 2.75) is 0 Å². The van der Waals surface area contributed by atoms with E-state index in [4.69, 9.17) is 9.52 Å². The molecule has 0 spiro atoms. The summed E-state index contributed by atoms with van der Waals surface area (Å²) in [6.45, 7) is 0. The van der Waals surface area contributed by atoms with Gasteiger partial charge in [-0.15, -0.1) is 11.3 Å². The number of hydrogen-bond acceptors (Lipinski definition) is 4.